The summed E-state index contributed by atoms with van der Waals surface area (Å²) in [6, 6.07) is 19.9. The van der Waals surface area contributed by atoms with Gasteiger partial charge in [-0.05, 0) is 47.9 Å². The molecule has 1 amide bonds. The number of aromatic nitrogens is 2. The Kier molecular flexibility index (Phi) is 5.57. The summed E-state index contributed by atoms with van der Waals surface area (Å²) in [6.07, 6.45) is 6.26. The molecule has 1 aliphatic rings. The average molecular weight is 440 g/mol. The third-order valence-corrected chi connectivity index (χ3v) is 6.03. The Bertz CT molecular complexity index is 1340. The molecule has 33 heavy (non-hydrogen) atoms. The molecule has 0 bridgehead atoms. The van der Waals surface area contributed by atoms with Gasteiger partial charge in [-0.25, -0.2) is 4.98 Å². The Labute approximate surface area is 192 Å². The number of hydrogen-bond donors (Lipinski definition) is 0. The molecule has 3 heterocycles. The second-order valence-corrected chi connectivity index (χ2v) is 7.96. The monoisotopic (exact) mass is 439 g/mol. The van der Waals surface area contributed by atoms with E-state index < -0.39 is 0 Å². The van der Waals surface area contributed by atoms with Gasteiger partial charge in [-0.1, -0.05) is 36.4 Å². The van der Waals surface area contributed by atoms with Crippen molar-refractivity contribution in [1.82, 2.24) is 14.3 Å². The average Bonchev–Trinajstić information content (AvgIpc) is 3.25. The zero-order valence-electron chi connectivity index (χ0n) is 18.7. The van der Waals surface area contributed by atoms with E-state index >= 15 is 0 Å². The van der Waals surface area contributed by atoms with Crippen LogP contribution < -0.4 is 9.47 Å². The molecule has 0 spiro atoms. The van der Waals surface area contributed by atoms with Crippen LogP contribution in [0.4, 0.5) is 0 Å². The molecule has 6 heteroatoms. The first kappa shape index (κ1) is 20.8. The maximum atomic E-state index is 13.1. The lowest BCUT2D eigenvalue weighted by Crippen LogP contribution is -2.34. The fourth-order valence-electron chi connectivity index (χ4n) is 4.31. The standard InChI is InChI=1S/C27H25N3O3/c1-32-23-16-20-13-15-29(18-21(20)17-24(23)33-2)26(31)12-11-22-27(19-8-4-3-5-9-19)28-25-10-6-7-14-30(22)25/h3-12,14,16-17H,13,15,18H2,1-2H3/b12-11+. The maximum Gasteiger partial charge on any atom is 0.246 e. The predicted molar refractivity (Wildman–Crippen MR) is 128 cm³/mol. The van der Waals surface area contributed by atoms with Crippen LogP contribution in [-0.4, -0.2) is 41.0 Å². The molecule has 0 radical (unpaired) electrons. The van der Waals surface area contributed by atoms with Crippen LogP contribution in [0.15, 0.2) is 72.9 Å². The number of hydrogen-bond acceptors (Lipinski definition) is 4. The zero-order chi connectivity index (χ0) is 22.8. The summed E-state index contributed by atoms with van der Waals surface area (Å²) in [5.74, 6) is 1.37. The van der Waals surface area contributed by atoms with Crippen LogP contribution in [0.25, 0.3) is 23.0 Å². The Hall–Kier alpha value is -4.06. The van der Waals surface area contributed by atoms with Gasteiger partial charge in [0.05, 0.1) is 25.6 Å². The highest BCUT2D eigenvalue weighted by Gasteiger charge is 2.22. The van der Waals surface area contributed by atoms with Gasteiger partial charge in [0, 0.05) is 30.9 Å². The topological polar surface area (TPSA) is 56.1 Å². The van der Waals surface area contributed by atoms with Crippen molar-refractivity contribution in [1.29, 1.82) is 0 Å². The van der Waals surface area contributed by atoms with E-state index in [9.17, 15) is 4.79 Å². The largest absolute Gasteiger partial charge is 0.493 e. The van der Waals surface area contributed by atoms with Crippen LogP contribution in [-0.2, 0) is 17.8 Å². The van der Waals surface area contributed by atoms with E-state index in [1.54, 1.807) is 20.3 Å². The van der Waals surface area contributed by atoms with Crippen molar-refractivity contribution in [2.45, 2.75) is 13.0 Å². The summed E-state index contributed by atoms with van der Waals surface area (Å²) in [4.78, 5) is 19.8. The summed E-state index contributed by atoms with van der Waals surface area (Å²) >= 11 is 0. The first-order chi connectivity index (χ1) is 16.2. The molecular formula is C27H25N3O3. The van der Waals surface area contributed by atoms with Crippen LogP contribution in [0.2, 0.25) is 0 Å². The second-order valence-electron chi connectivity index (χ2n) is 7.96. The number of carbonyl (C=O) groups excluding carboxylic acids is 1. The fourth-order valence-corrected chi connectivity index (χ4v) is 4.31. The number of carbonyl (C=O) groups is 1. The SMILES string of the molecule is COc1cc2c(cc1OC)CN(C(=O)/C=C/c1c(-c3ccccc3)nc3ccccn13)CC2. The van der Waals surface area contributed by atoms with Crippen molar-refractivity contribution >= 4 is 17.6 Å². The van der Waals surface area contributed by atoms with Crippen molar-refractivity contribution in [2.24, 2.45) is 0 Å². The summed E-state index contributed by atoms with van der Waals surface area (Å²) in [5, 5.41) is 0. The third kappa shape index (κ3) is 3.96. The number of fused-ring (bicyclic) bond motifs is 2. The number of rotatable bonds is 5. The molecule has 0 unspecified atom stereocenters. The van der Waals surface area contributed by atoms with E-state index in [4.69, 9.17) is 14.5 Å². The second kappa shape index (κ2) is 8.82. The van der Waals surface area contributed by atoms with Gasteiger partial charge in [0.2, 0.25) is 5.91 Å². The molecule has 0 aliphatic carbocycles. The molecule has 0 fully saturated rings. The van der Waals surface area contributed by atoms with E-state index in [-0.39, 0.29) is 5.91 Å². The first-order valence-corrected chi connectivity index (χ1v) is 10.9. The van der Waals surface area contributed by atoms with Gasteiger partial charge in [0.25, 0.3) is 0 Å². The number of nitrogens with zero attached hydrogens (tertiary/aromatic N) is 3. The van der Waals surface area contributed by atoms with Gasteiger partial charge in [-0.2, -0.15) is 0 Å². The number of pyridine rings is 1. The minimum absolute atomic E-state index is 0.0275. The van der Waals surface area contributed by atoms with Crippen molar-refractivity contribution in [2.75, 3.05) is 20.8 Å². The zero-order valence-corrected chi connectivity index (χ0v) is 18.7. The van der Waals surface area contributed by atoms with Crippen LogP contribution in [0.1, 0.15) is 16.8 Å². The van der Waals surface area contributed by atoms with Gasteiger partial charge in [-0.15, -0.1) is 0 Å². The quantitative estimate of drug-likeness (QED) is 0.426. The molecule has 4 aromatic rings. The van der Waals surface area contributed by atoms with Crippen molar-refractivity contribution in [3.05, 3.63) is 89.8 Å². The van der Waals surface area contributed by atoms with Gasteiger partial charge in [0.1, 0.15) is 5.65 Å². The van der Waals surface area contributed by atoms with Crippen LogP contribution in [0, 0.1) is 0 Å². The number of imidazole rings is 1. The lowest BCUT2D eigenvalue weighted by molar-refractivity contribution is -0.126. The number of amides is 1. The number of ether oxygens (including phenoxy) is 2. The summed E-state index contributed by atoms with van der Waals surface area (Å²) < 4.78 is 12.9. The van der Waals surface area contributed by atoms with E-state index in [0.717, 1.165) is 40.3 Å². The molecule has 166 valence electrons. The minimum atomic E-state index is -0.0275. The molecule has 2 aromatic carbocycles. The predicted octanol–water partition coefficient (Wildman–Crippen LogP) is 4.62. The van der Waals surface area contributed by atoms with Crippen LogP contribution >= 0.6 is 0 Å². The molecular weight excluding hydrogens is 414 g/mol. The van der Waals surface area contributed by atoms with E-state index in [1.165, 1.54) is 5.56 Å². The molecule has 0 N–H and O–H groups in total. The fraction of sp³-hybridized carbons (Fsp3) is 0.185. The van der Waals surface area contributed by atoms with Crippen molar-refractivity contribution in [3.63, 3.8) is 0 Å². The Morgan fingerprint density at radius 3 is 2.45 bits per heavy atom. The van der Waals surface area contributed by atoms with E-state index in [1.807, 2.05) is 82.2 Å². The highest BCUT2D eigenvalue weighted by atomic mass is 16.5. The summed E-state index contributed by atoms with van der Waals surface area (Å²) in [5.41, 5.74) is 5.87. The molecule has 1 aliphatic heterocycles. The molecule has 0 saturated heterocycles. The van der Waals surface area contributed by atoms with E-state index in [2.05, 4.69) is 0 Å². The lowest BCUT2D eigenvalue weighted by Gasteiger charge is -2.28. The van der Waals surface area contributed by atoms with E-state index in [0.29, 0.717) is 18.8 Å². The maximum absolute atomic E-state index is 13.1. The lowest BCUT2D eigenvalue weighted by atomic mass is 9.98. The van der Waals surface area contributed by atoms with Gasteiger partial charge in [0.15, 0.2) is 11.5 Å². The van der Waals surface area contributed by atoms with Crippen LogP contribution in [0.5, 0.6) is 11.5 Å². The molecule has 2 aromatic heterocycles. The molecule has 0 saturated carbocycles. The highest BCUT2D eigenvalue weighted by molar-refractivity contribution is 5.93. The van der Waals surface area contributed by atoms with Gasteiger partial charge >= 0.3 is 0 Å². The number of methoxy groups -OCH3 is 2. The van der Waals surface area contributed by atoms with Crippen LogP contribution in [0.3, 0.4) is 0 Å². The van der Waals surface area contributed by atoms with Gasteiger partial charge in [-0.3, -0.25) is 9.20 Å². The first-order valence-electron chi connectivity index (χ1n) is 10.9. The van der Waals surface area contributed by atoms with Crippen molar-refractivity contribution < 1.29 is 14.3 Å². The highest BCUT2D eigenvalue weighted by Crippen LogP contribution is 2.33. The Balaban J connectivity index is 1.43. The third-order valence-electron chi connectivity index (χ3n) is 6.03. The normalized spacial score (nSPS) is 13.3. The summed E-state index contributed by atoms with van der Waals surface area (Å²) in [7, 11) is 3.26. The molecule has 0 atom stereocenters. The Morgan fingerprint density at radius 1 is 0.970 bits per heavy atom. The number of benzene rings is 2. The summed E-state index contributed by atoms with van der Waals surface area (Å²) in [6.45, 7) is 1.20. The smallest absolute Gasteiger partial charge is 0.246 e. The van der Waals surface area contributed by atoms with Crippen molar-refractivity contribution in [3.8, 4) is 22.8 Å². The van der Waals surface area contributed by atoms with Gasteiger partial charge < -0.3 is 14.4 Å². The molecule has 6 nitrogen and oxygen atoms in total. The molecule has 5 rings (SSSR count). The minimum Gasteiger partial charge on any atom is -0.493 e. The Morgan fingerprint density at radius 2 is 1.70 bits per heavy atom.